The van der Waals surface area contributed by atoms with Crippen LogP contribution >= 0.6 is 0 Å². The molecule has 2 aromatic heterocycles. The highest BCUT2D eigenvalue weighted by molar-refractivity contribution is 5.95. The van der Waals surface area contributed by atoms with Crippen molar-refractivity contribution in [3.8, 4) is 22.9 Å². The molecule has 1 aliphatic heterocycles. The highest BCUT2D eigenvalue weighted by Gasteiger charge is 2.33. The van der Waals surface area contributed by atoms with E-state index in [1.807, 2.05) is 18.2 Å². The molecule has 0 spiro atoms. The number of hydrogen-bond donors (Lipinski definition) is 2. The maximum atomic E-state index is 12.2. The molecule has 1 amide bonds. The molecule has 29 heavy (non-hydrogen) atoms. The lowest BCUT2D eigenvalue weighted by Crippen LogP contribution is -2.31. The average molecular weight is 392 g/mol. The van der Waals surface area contributed by atoms with Crippen molar-refractivity contribution >= 4 is 11.9 Å². The Hall–Kier alpha value is -3.88. The van der Waals surface area contributed by atoms with Crippen LogP contribution in [-0.2, 0) is 4.79 Å². The first kappa shape index (κ1) is 18.5. The summed E-state index contributed by atoms with van der Waals surface area (Å²) >= 11 is 0. The number of nitrogens with zero attached hydrogens (tertiary/aromatic N) is 4. The lowest BCUT2D eigenvalue weighted by molar-refractivity contribution is -0.115. The lowest BCUT2D eigenvalue weighted by Gasteiger charge is -2.27. The molecule has 3 aromatic rings. The number of nitrogens with two attached hydrogens (primary N) is 1. The minimum atomic E-state index is -0.536. The summed E-state index contributed by atoms with van der Waals surface area (Å²) in [6, 6.07) is 8.55. The summed E-state index contributed by atoms with van der Waals surface area (Å²) in [4.78, 5) is 21.0. The molecule has 9 nitrogen and oxygen atoms in total. The van der Waals surface area contributed by atoms with E-state index in [0.29, 0.717) is 40.1 Å². The normalized spacial score (nSPS) is 15.5. The van der Waals surface area contributed by atoms with Gasteiger partial charge in [0.05, 0.1) is 19.8 Å². The second kappa shape index (κ2) is 7.27. The fraction of sp³-hybridized carbons (Fsp3) is 0.200. The number of hydrogen-bond acceptors (Lipinski definition) is 7. The summed E-state index contributed by atoms with van der Waals surface area (Å²) in [7, 11) is 3.16. The summed E-state index contributed by atoms with van der Waals surface area (Å²) in [5.41, 5.74) is 8.21. The minimum absolute atomic E-state index is 0.408. The number of carbonyl (C=O) groups excluding carboxylic acids is 1. The zero-order chi connectivity index (χ0) is 20.5. The number of amides is 1. The van der Waals surface area contributed by atoms with E-state index in [2.05, 4.69) is 20.4 Å². The molecule has 3 heterocycles. The van der Waals surface area contributed by atoms with Gasteiger partial charge in [0, 0.05) is 29.7 Å². The summed E-state index contributed by atoms with van der Waals surface area (Å²) < 4.78 is 12.3. The molecule has 0 saturated heterocycles. The molecule has 0 fully saturated rings. The number of benzene rings is 1. The van der Waals surface area contributed by atoms with Crippen LogP contribution < -0.4 is 20.5 Å². The van der Waals surface area contributed by atoms with Crippen LogP contribution in [0.5, 0.6) is 11.5 Å². The van der Waals surface area contributed by atoms with Crippen molar-refractivity contribution in [3.05, 3.63) is 59.6 Å². The van der Waals surface area contributed by atoms with Crippen LogP contribution in [0.4, 0.5) is 5.95 Å². The molecule has 0 radical (unpaired) electrons. The topological polar surface area (TPSA) is 117 Å². The number of fused-ring (bicyclic) bond motifs is 1. The Bertz CT molecular complexity index is 1080. The Morgan fingerprint density at radius 2 is 1.93 bits per heavy atom. The molecule has 0 aliphatic carbocycles. The number of nitrogens with one attached hydrogen (secondary N) is 1. The Morgan fingerprint density at radius 3 is 2.52 bits per heavy atom. The van der Waals surface area contributed by atoms with Crippen LogP contribution in [0.3, 0.4) is 0 Å². The monoisotopic (exact) mass is 392 g/mol. The molecule has 1 aromatic carbocycles. The number of rotatable bonds is 5. The Balaban J connectivity index is 1.87. The number of aromatic nitrogens is 4. The fourth-order valence-electron chi connectivity index (χ4n) is 3.37. The quantitative estimate of drug-likeness (QED) is 0.683. The van der Waals surface area contributed by atoms with E-state index in [-0.39, 0.29) is 0 Å². The number of pyridine rings is 1. The zero-order valence-electron chi connectivity index (χ0n) is 16.2. The number of anilines is 1. The van der Waals surface area contributed by atoms with Gasteiger partial charge in [-0.3, -0.25) is 9.78 Å². The van der Waals surface area contributed by atoms with Crippen molar-refractivity contribution in [1.82, 2.24) is 19.7 Å². The van der Waals surface area contributed by atoms with E-state index in [1.54, 1.807) is 50.4 Å². The Morgan fingerprint density at radius 1 is 1.21 bits per heavy atom. The second-order valence-corrected chi connectivity index (χ2v) is 6.52. The summed E-state index contributed by atoms with van der Waals surface area (Å²) in [6.45, 7) is 1.79. The first-order valence-electron chi connectivity index (χ1n) is 8.89. The minimum Gasteiger partial charge on any atom is -0.497 e. The van der Waals surface area contributed by atoms with Gasteiger partial charge in [-0.15, -0.1) is 5.10 Å². The van der Waals surface area contributed by atoms with Gasteiger partial charge in [0.1, 0.15) is 17.5 Å². The molecule has 1 unspecified atom stereocenters. The highest BCUT2D eigenvalue weighted by Crippen LogP contribution is 2.36. The smallest absolute Gasteiger partial charge is 0.248 e. The van der Waals surface area contributed by atoms with E-state index in [9.17, 15) is 4.79 Å². The van der Waals surface area contributed by atoms with Gasteiger partial charge in [-0.05, 0) is 30.7 Å². The number of carbonyl (C=O) groups is 1. The summed E-state index contributed by atoms with van der Waals surface area (Å²) in [5, 5.41) is 7.78. The van der Waals surface area contributed by atoms with Gasteiger partial charge in [0.25, 0.3) is 0 Å². The van der Waals surface area contributed by atoms with Crippen molar-refractivity contribution < 1.29 is 14.3 Å². The predicted molar refractivity (Wildman–Crippen MR) is 106 cm³/mol. The maximum absolute atomic E-state index is 12.2. The van der Waals surface area contributed by atoms with Gasteiger partial charge >= 0.3 is 0 Å². The van der Waals surface area contributed by atoms with Crippen LogP contribution in [0.25, 0.3) is 11.4 Å². The zero-order valence-corrected chi connectivity index (χ0v) is 16.2. The molecule has 0 bridgehead atoms. The van der Waals surface area contributed by atoms with Gasteiger partial charge < -0.3 is 20.5 Å². The van der Waals surface area contributed by atoms with Crippen LogP contribution in [-0.4, -0.2) is 39.9 Å². The third-order valence-electron chi connectivity index (χ3n) is 4.73. The first-order chi connectivity index (χ1) is 14.0. The number of primary amides is 1. The van der Waals surface area contributed by atoms with E-state index < -0.39 is 11.9 Å². The van der Waals surface area contributed by atoms with E-state index >= 15 is 0 Å². The third kappa shape index (κ3) is 3.27. The molecule has 148 valence electrons. The van der Waals surface area contributed by atoms with Crippen LogP contribution in [0.15, 0.2) is 54.0 Å². The number of ether oxygens (including phenoxy) is 2. The molecule has 4 rings (SSSR count). The lowest BCUT2D eigenvalue weighted by atomic mass is 9.97. The van der Waals surface area contributed by atoms with E-state index in [0.717, 1.165) is 5.56 Å². The van der Waals surface area contributed by atoms with Crippen molar-refractivity contribution in [2.45, 2.75) is 13.0 Å². The largest absolute Gasteiger partial charge is 0.497 e. The predicted octanol–water partition coefficient (Wildman–Crippen LogP) is 2.13. The first-order valence-corrected chi connectivity index (χ1v) is 8.89. The van der Waals surface area contributed by atoms with Crippen molar-refractivity contribution in [3.63, 3.8) is 0 Å². The third-order valence-corrected chi connectivity index (χ3v) is 4.73. The van der Waals surface area contributed by atoms with Gasteiger partial charge in [-0.2, -0.15) is 4.98 Å². The van der Waals surface area contributed by atoms with Gasteiger partial charge in [-0.1, -0.05) is 6.07 Å². The Kier molecular flexibility index (Phi) is 4.63. The van der Waals surface area contributed by atoms with Gasteiger partial charge in [-0.25, -0.2) is 4.68 Å². The fourth-order valence-corrected chi connectivity index (χ4v) is 3.37. The van der Waals surface area contributed by atoms with Crippen molar-refractivity contribution in [2.24, 2.45) is 5.73 Å². The second-order valence-electron chi connectivity index (χ2n) is 6.52. The molecular formula is C20H20N6O3. The summed E-state index contributed by atoms with van der Waals surface area (Å²) in [6.07, 6.45) is 3.35. The Labute approximate surface area is 167 Å². The van der Waals surface area contributed by atoms with Gasteiger partial charge in [0.2, 0.25) is 11.9 Å². The van der Waals surface area contributed by atoms with Crippen molar-refractivity contribution in [2.75, 3.05) is 19.5 Å². The molecule has 9 heteroatoms. The van der Waals surface area contributed by atoms with Crippen LogP contribution in [0.2, 0.25) is 0 Å². The molecule has 0 saturated carbocycles. The van der Waals surface area contributed by atoms with E-state index in [4.69, 9.17) is 15.2 Å². The van der Waals surface area contributed by atoms with Crippen LogP contribution in [0.1, 0.15) is 18.5 Å². The van der Waals surface area contributed by atoms with Crippen molar-refractivity contribution in [1.29, 1.82) is 0 Å². The SMILES string of the molecule is COc1cc(OC)cc(-c2nc3n(n2)C(c2cccnc2)C(C(N)=O)=C(C)N3)c1. The molecule has 1 aliphatic rings. The molecule has 3 N–H and O–H groups in total. The average Bonchev–Trinajstić information content (AvgIpc) is 3.16. The maximum Gasteiger partial charge on any atom is 0.248 e. The molecule has 1 atom stereocenters. The summed E-state index contributed by atoms with van der Waals surface area (Å²) in [5.74, 6) is 1.66. The number of allylic oxidation sites excluding steroid dienone is 1. The highest BCUT2D eigenvalue weighted by atomic mass is 16.5. The van der Waals surface area contributed by atoms with Gasteiger partial charge in [0.15, 0.2) is 5.82 Å². The number of methoxy groups -OCH3 is 2. The standard InChI is InChI=1S/C20H20N6O3/c1-11-16(18(21)27)17(12-5-4-6-22-10-12)26-20(23-11)24-19(25-26)13-7-14(28-2)9-15(8-13)29-3/h4-10,17H,1-3H3,(H2,21,27)(H,23,24,25). The molecular weight excluding hydrogens is 372 g/mol. The van der Waals surface area contributed by atoms with Crippen LogP contribution in [0, 0.1) is 0 Å². The van der Waals surface area contributed by atoms with E-state index in [1.165, 1.54) is 0 Å².